The molecule has 1 aromatic carbocycles. The van der Waals surface area contributed by atoms with Crippen LogP contribution in [0.3, 0.4) is 0 Å². The number of benzene rings is 1. The second-order valence-corrected chi connectivity index (χ2v) is 8.53. The number of nitrogens with one attached hydrogen (secondary N) is 2. The van der Waals surface area contributed by atoms with Gasteiger partial charge in [0.2, 0.25) is 5.89 Å². The summed E-state index contributed by atoms with van der Waals surface area (Å²) in [5.74, 6) is 2.05. The number of likely N-dealkylation sites (tertiary alicyclic amines) is 1. The maximum Gasteiger partial charge on any atom is 0.232 e. The molecule has 0 amide bonds. The van der Waals surface area contributed by atoms with Crippen LogP contribution >= 0.6 is 24.0 Å². The normalized spacial score (nSPS) is 20.4. The molecule has 1 aliphatic heterocycles. The molecule has 2 heterocycles. The zero-order valence-corrected chi connectivity index (χ0v) is 20.3. The Morgan fingerprint density at radius 2 is 2.00 bits per heavy atom. The minimum Gasteiger partial charge on any atom is -0.352 e. The van der Waals surface area contributed by atoms with Crippen molar-refractivity contribution in [2.75, 3.05) is 13.6 Å². The molecule has 0 spiro atoms. The maximum absolute atomic E-state index is 5.35. The number of hydrogen-bond acceptors (Lipinski definition) is 5. The van der Waals surface area contributed by atoms with E-state index in [0.717, 1.165) is 25.5 Å². The van der Waals surface area contributed by atoms with Gasteiger partial charge in [0.1, 0.15) is 0 Å². The van der Waals surface area contributed by atoms with Crippen molar-refractivity contribution < 1.29 is 4.52 Å². The van der Waals surface area contributed by atoms with Gasteiger partial charge in [0.05, 0.1) is 6.54 Å². The predicted octanol–water partition coefficient (Wildman–Crippen LogP) is 3.31. The lowest BCUT2D eigenvalue weighted by Gasteiger charge is -2.21. The molecule has 1 aromatic heterocycles. The van der Waals surface area contributed by atoms with Gasteiger partial charge in [0, 0.05) is 37.6 Å². The summed E-state index contributed by atoms with van der Waals surface area (Å²) in [6, 6.07) is 11.5. The summed E-state index contributed by atoms with van der Waals surface area (Å²) >= 11 is 0. The molecule has 2 atom stereocenters. The fourth-order valence-electron chi connectivity index (χ4n) is 3.42. The van der Waals surface area contributed by atoms with Gasteiger partial charge in [-0.2, -0.15) is 4.98 Å². The van der Waals surface area contributed by atoms with E-state index < -0.39 is 0 Å². The fraction of sp³-hybridized carbons (Fsp3) is 0.571. The molecule has 1 aliphatic rings. The average molecular weight is 512 g/mol. The number of aromatic nitrogens is 2. The first-order valence-corrected chi connectivity index (χ1v) is 9.93. The summed E-state index contributed by atoms with van der Waals surface area (Å²) < 4.78 is 5.35. The Balaban J connectivity index is 0.00000300. The smallest absolute Gasteiger partial charge is 0.232 e. The summed E-state index contributed by atoms with van der Waals surface area (Å²) in [5.41, 5.74) is 1.21. The third-order valence-corrected chi connectivity index (χ3v) is 5.02. The highest BCUT2D eigenvalue weighted by atomic mass is 127. The van der Waals surface area contributed by atoms with Crippen LogP contribution in [0, 0.1) is 0 Å². The number of nitrogens with zero attached hydrogens (tertiary/aromatic N) is 4. The van der Waals surface area contributed by atoms with Crippen molar-refractivity contribution in [2.45, 2.75) is 64.7 Å². The van der Waals surface area contributed by atoms with E-state index in [-0.39, 0.29) is 29.4 Å². The monoisotopic (exact) mass is 512 g/mol. The number of hydrogen-bond donors (Lipinski definition) is 2. The Hall–Kier alpha value is -1.68. The van der Waals surface area contributed by atoms with Crippen LogP contribution in [0.5, 0.6) is 0 Å². The first-order valence-electron chi connectivity index (χ1n) is 9.93. The van der Waals surface area contributed by atoms with Gasteiger partial charge in [-0.15, -0.1) is 24.0 Å². The summed E-state index contributed by atoms with van der Waals surface area (Å²) in [6.07, 6.45) is 1.09. The van der Waals surface area contributed by atoms with Crippen molar-refractivity contribution in [3.05, 3.63) is 47.6 Å². The molecular formula is C21H33IN6O. The highest BCUT2D eigenvalue weighted by Crippen LogP contribution is 2.21. The average Bonchev–Trinajstić information content (AvgIpc) is 3.26. The summed E-state index contributed by atoms with van der Waals surface area (Å²) in [7, 11) is 1.78. The predicted molar refractivity (Wildman–Crippen MR) is 126 cm³/mol. The molecule has 2 unspecified atom stereocenters. The molecule has 3 rings (SSSR count). The van der Waals surface area contributed by atoms with Gasteiger partial charge in [0.25, 0.3) is 0 Å². The Bertz CT molecular complexity index is 786. The second kappa shape index (κ2) is 10.4. The van der Waals surface area contributed by atoms with Crippen LogP contribution in [0.1, 0.15) is 51.4 Å². The molecule has 8 heteroatoms. The number of halogens is 1. The molecule has 0 bridgehead atoms. The SMILES string of the molecule is CN=C(NCc1noc(C(C)(C)C)n1)NC1CC(C)N(Cc2ccccc2)C1.I. The van der Waals surface area contributed by atoms with Crippen molar-refractivity contribution in [3.8, 4) is 0 Å². The van der Waals surface area contributed by atoms with Gasteiger partial charge in [0.15, 0.2) is 11.8 Å². The molecule has 0 saturated carbocycles. The topological polar surface area (TPSA) is 78.6 Å². The van der Waals surface area contributed by atoms with E-state index in [2.05, 4.69) is 88.7 Å². The second-order valence-electron chi connectivity index (χ2n) is 8.53. The number of guanidine groups is 1. The highest BCUT2D eigenvalue weighted by molar-refractivity contribution is 14.0. The minimum atomic E-state index is -0.145. The van der Waals surface area contributed by atoms with Gasteiger partial charge >= 0.3 is 0 Å². The lowest BCUT2D eigenvalue weighted by Crippen LogP contribution is -2.44. The highest BCUT2D eigenvalue weighted by Gasteiger charge is 2.29. The van der Waals surface area contributed by atoms with Crippen LogP contribution in [0.4, 0.5) is 0 Å². The zero-order chi connectivity index (χ0) is 20.1. The molecule has 0 aliphatic carbocycles. The van der Waals surface area contributed by atoms with Crippen molar-refractivity contribution in [1.82, 2.24) is 25.7 Å². The minimum absolute atomic E-state index is 0. The van der Waals surface area contributed by atoms with E-state index in [1.807, 2.05) is 0 Å². The number of aliphatic imine (C=N–C) groups is 1. The van der Waals surface area contributed by atoms with E-state index in [1.54, 1.807) is 7.05 Å². The number of rotatable bonds is 5. The maximum atomic E-state index is 5.35. The van der Waals surface area contributed by atoms with Crippen LogP contribution in [0.2, 0.25) is 0 Å². The van der Waals surface area contributed by atoms with Crippen molar-refractivity contribution >= 4 is 29.9 Å². The molecule has 1 saturated heterocycles. The molecule has 1 fully saturated rings. The van der Waals surface area contributed by atoms with Gasteiger partial charge in [-0.25, -0.2) is 0 Å². The molecule has 2 N–H and O–H groups in total. The van der Waals surface area contributed by atoms with Crippen molar-refractivity contribution in [3.63, 3.8) is 0 Å². The van der Waals surface area contributed by atoms with Gasteiger partial charge < -0.3 is 15.2 Å². The van der Waals surface area contributed by atoms with Crippen molar-refractivity contribution in [2.24, 2.45) is 4.99 Å². The Morgan fingerprint density at radius 1 is 1.28 bits per heavy atom. The third-order valence-electron chi connectivity index (χ3n) is 5.02. The van der Waals surface area contributed by atoms with Gasteiger partial charge in [-0.1, -0.05) is 56.3 Å². The van der Waals surface area contributed by atoms with E-state index in [9.17, 15) is 0 Å². The molecule has 160 valence electrons. The fourth-order valence-corrected chi connectivity index (χ4v) is 3.42. The quantitative estimate of drug-likeness (QED) is 0.364. The first-order chi connectivity index (χ1) is 13.3. The standard InChI is InChI=1S/C21H32N6O.HI/c1-15-11-17(14-27(15)13-16-9-7-6-8-10-16)24-20(22-5)23-12-18-25-19(28-26-18)21(2,3)4;/h6-10,15,17H,11-14H2,1-5H3,(H2,22,23,24);1H. The largest absolute Gasteiger partial charge is 0.352 e. The summed E-state index contributed by atoms with van der Waals surface area (Å²) in [5, 5.41) is 10.9. The van der Waals surface area contributed by atoms with Crippen LogP contribution in [0.15, 0.2) is 39.8 Å². The van der Waals surface area contributed by atoms with Crippen LogP contribution < -0.4 is 10.6 Å². The molecular weight excluding hydrogens is 479 g/mol. The van der Waals surface area contributed by atoms with Crippen molar-refractivity contribution in [1.29, 1.82) is 0 Å². The molecule has 29 heavy (non-hydrogen) atoms. The summed E-state index contributed by atoms with van der Waals surface area (Å²) in [4.78, 5) is 11.3. The third kappa shape index (κ3) is 6.67. The zero-order valence-electron chi connectivity index (χ0n) is 18.0. The van der Waals surface area contributed by atoms with Gasteiger partial charge in [-0.3, -0.25) is 9.89 Å². The lowest BCUT2D eigenvalue weighted by atomic mass is 9.97. The Labute approximate surface area is 190 Å². The van der Waals surface area contributed by atoms with E-state index in [0.29, 0.717) is 30.3 Å². The van der Waals surface area contributed by atoms with E-state index >= 15 is 0 Å². The van der Waals surface area contributed by atoms with Gasteiger partial charge in [-0.05, 0) is 18.9 Å². The molecule has 2 aromatic rings. The van der Waals surface area contributed by atoms with E-state index in [4.69, 9.17) is 4.52 Å². The lowest BCUT2D eigenvalue weighted by molar-refractivity contribution is 0.258. The molecule has 0 radical (unpaired) electrons. The first kappa shape index (κ1) is 23.6. The Morgan fingerprint density at radius 3 is 2.62 bits per heavy atom. The Kier molecular flexibility index (Phi) is 8.45. The van der Waals surface area contributed by atoms with Crippen LogP contribution in [-0.4, -0.2) is 46.7 Å². The van der Waals surface area contributed by atoms with E-state index in [1.165, 1.54) is 5.56 Å². The van der Waals surface area contributed by atoms with Crippen LogP contribution in [0.25, 0.3) is 0 Å². The van der Waals surface area contributed by atoms with Crippen LogP contribution in [-0.2, 0) is 18.5 Å². The summed E-state index contributed by atoms with van der Waals surface area (Å²) in [6.45, 7) is 10.9. The molecule has 7 nitrogen and oxygen atoms in total.